The summed E-state index contributed by atoms with van der Waals surface area (Å²) in [6.45, 7) is 3.03. The Morgan fingerprint density at radius 2 is 2.44 bits per heavy atom. The maximum atomic E-state index is 11.9. The number of nitrogens with two attached hydrogens (primary N) is 1. The van der Waals surface area contributed by atoms with Crippen LogP contribution in [0.4, 0.5) is 5.69 Å². The highest BCUT2D eigenvalue weighted by atomic mass is 16.3. The highest BCUT2D eigenvalue weighted by Crippen LogP contribution is 2.10. The minimum atomic E-state index is -0.124. The molecule has 1 amide bonds. The largest absolute Gasteiger partial charge is 0.469 e. The Labute approximate surface area is 105 Å². The zero-order chi connectivity index (χ0) is 13.0. The summed E-state index contributed by atoms with van der Waals surface area (Å²) in [5, 5.41) is 6.85. The van der Waals surface area contributed by atoms with Crippen molar-refractivity contribution in [3.8, 4) is 0 Å². The fourth-order valence-corrected chi connectivity index (χ4v) is 1.70. The number of aromatic nitrogens is 2. The van der Waals surface area contributed by atoms with E-state index in [9.17, 15) is 4.79 Å². The molecule has 2 aromatic rings. The molecular formula is C12H16N4O2. The molecule has 0 fully saturated rings. The van der Waals surface area contributed by atoms with Gasteiger partial charge in [0.25, 0.3) is 5.91 Å². The van der Waals surface area contributed by atoms with Crippen molar-refractivity contribution in [1.29, 1.82) is 0 Å². The molecule has 0 atom stereocenters. The number of carbonyl (C=O) groups is 1. The molecule has 0 radical (unpaired) electrons. The SMILES string of the molecule is CCc1occc1C(=O)NCCn1cc(N)cn1. The van der Waals surface area contributed by atoms with Gasteiger partial charge in [0.15, 0.2) is 0 Å². The van der Waals surface area contributed by atoms with Crippen molar-refractivity contribution in [2.24, 2.45) is 0 Å². The smallest absolute Gasteiger partial charge is 0.254 e. The molecule has 0 saturated heterocycles. The van der Waals surface area contributed by atoms with Crippen LogP contribution in [0.1, 0.15) is 23.0 Å². The maximum absolute atomic E-state index is 11.9. The zero-order valence-electron chi connectivity index (χ0n) is 10.2. The molecule has 0 aromatic carbocycles. The number of hydrogen-bond acceptors (Lipinski definition) is 4. The quantitative estimate of drug-likeness (QED) is 0.828. The second-order valence-electron chi connectivity index (χ2n) is 3.90. The molecular weight excluding hydrogens is 232 g/mol. The van der Waals surface area contributed by atoms with Gasteiger partial charge in [0.05, 0.1) is 30.3 Å². The average molecular weight is 248 g/mol. The van der Waals surface area contributed by atoms with Crippen LogP contribution in [0.25, 0.3) is 0 Å². The predicted octanol–water partition coefficient (Wildman–Crippen LogP) is 1.05. The summed E-state index contributed by atoms with van der Waals surface area (Å²) >= 11 is 0. The van der Waals surface area contributed by atoms with Gasteiger partial charge in [0, 0.05) is 19.2 Å². The summed E-state index contributed by atoms with van der Waals surface area (Å²) in [6, 6.07) is 1.68. The van der Waals surface area contributed by atoms with Crippen molar-refractivity contribution >= 4 is 11.6 Å². The van der Waals surface area contributed by atoms with Crippen LogP contribution < -0.4 is 11.1 Å². The first-order chi connectivity index (χ1) is 8.70. The van der Waals surface area contributed by atoms with Crippen LogP contribution in [0.15, 0.2) is 29.1 Å². The number of carbonyl (C=O) groups excluding carboxylic acids is 1. The van der Waals surface area contributed by atoms with E-state index in [2.05, 4.69) is 10.4 Å². The fourth-order valence-electron chi connectivity index (χ4n) is 1.70. The molecule has 0 aliphatic rings. The average Bonchev–Trinajstić information content (AvgIpc) is 2.97. The molecule has 2 heterocycles. The first kappa shape index (κ1) is 12.2. The van der Waals surface area contributed by atoms with Crippen LogP contribution in [0.5, 0.6) is 0 Å². The molecule has 0 aliphatic carbocycles. The van der Waals surface area contributed by atoms with Crippen molar-refractivity contribution in [1.82, 2.24) is 15.1 Å². The first-order valence-electron chi connectivity index (χ1n) is 5.83. The summed E-state index contributed by atoms with van der Waals surface area (Å²) in [6.07, 6.45) is 5.53. The van der Waals surface area contributed by atoms with Gasteiger partial charge in [0.2, 0.25) is 0 Å². The third kappa shape index (κ3) is 2.71. The van der Waals surface area contributed by atoms with E-state index in [1.165, 1.54) is 6.26 Å². The summed E-state index contributed by atoms with van der Waals surface area (Å²) in [5.74, 6) is 0.580. The minimum absolute atomic E-state index is 0.124. The lowest BCUT2D eigenvalue weighted by Gasteiger charge is -2.05. The molecule has 96 valence electrons. The van der Waals surface area contributed by atoms with Crippen molar-refractivity contribution in [2.75, 3.05) is 12.3 Å². The van der Waals surface area contributed by atoms with Gasteiger partial charge >= 0.3 is 0 Å². The van der Waals surface area contributed by atoms with Gasteiger partial charge in [-0.05, 0) is 6.07 Å². The van der Waals surface area contributed by atoms with Crippen molar-refractivity contribution in [3.63, 3.8) is 0 Å². The third-order valence-electron chi connectivity index (χ3n) is 2.59. The van der Waals surface area contributed by atoms with Crippen LogP contribution in [0.2, 0.25) is 0 Å². The number of nitrogen functional groups attached to an aromatic ring is 1. The van der Waals surface area contributed by atoms with E-state index in [-0.39, 0.29) is 5.91 Å². The first-order valence-corrected chi connectivity index (χ1v) is 5.83. The normalized spacial score (nSPS) is 10.5. The predicted molar refractivity (Wildman–Crippen MR) is 67.1 cm³/mol. The van der Waals surface area contributed by atoms with Crippen molar-refractivity contribution in [3.05, 3.63) is 36.0 Å². The molecule has 0 unspecified atom stereocenters. The van der Waals surface area contributed by atoms with Gasteiger partial charge in [-0.25, -0.2) is 0 Å². The third-order valence-corrected chi connectivity index (χ3v) is 2.59. The summed E-state index contributed by atoms with van der Waals surface area (Å²) in [5.41, 5.74) is 6.75. The number of amides is 1. The molecule has 0 saturated carbocycles. The second-order valence-corrected chi connectivity index (χ2v) is 3.90. The van der Waals surface area contributed by atoms with Crippen molar-refractivity contribution < 1.29 is 9.21 Å². The monoisotopic (exact) mass is 248 g/mol. The number of furan rings is 1. The van der Waals surface area contributed by atoms with Crippen LogP contribution in [0, 0.1) is 0 Å². The highest BCUT2D eigenvalue weighted by Gasteiger charge is 2.12. The Morgan fingerprint density at radius 3 is 3.11 bits per heavy atom. The Kier molecular flexibility index (Phi) is 3.66. The lowest BCUT2D eigenvalue weighted by Crippen LogP contribution is -2.27. The van der Waals surface area contributed by atoms with E-state index in [0.29, 0.717) is 36.5 Å². The molecule has 2 aromatic heterocycles. The van der Waals surface area contributed by atoms with Gasteiger partial charge < -0.3 is 15.5 Å². The van der Waals surface area contributed by atoms with E-state index in [4.69, 9.17) is 10.2 Å². The van der Waals surface area contributed by atoms with Crippen LogP contribution in [-0.4, -0.2) is 22.2 Å². The Bertz CT molecular complexity index is 530. The standard InChI is InChI=1S/C12H16N4O2/c1-2-11-10(3-6-18-11)12(17)14-4-5-16-8-9(13)7-15-16/h3,6-8H,2,4-5,13H2,1H3,(H,14,17). The van der Waals surface area contributed by atoms with Gasteiger partial charge in [0.1, 0.15) is 5.76 Å². The number of nitrogens with zero attached hydrogens (tertiary/aromatic N) is 2. The van der Waals surface area contributed by atoms with E-state index in [1.54, 1.807) is 23.1 Å². The second kappa shape index (κ2) is 5.39. The van der Waals surface area contributed by atoms with Gasteiger partial charge in [-0.1, -0.05) is 6.92 Å². The zero-order valence-corrected chi connectivity index (χ0v) is 10.2. The molecule has 6 heteroatoms. The van der Waals surface area contributed by atoms with Crippen LogP contribution in [0.3, 0.4) is 0 Å². The Balaban J connectivity index is 1.85. The molecule has 0 aliphatic heterocycles. The highest BCUT2D eigenvalue weighted by molar-refractivity contribution is 5.95. The van der Waals surface area contributed by atoms with E-state index >= 15 is 0 Å². The van der Waals surface area contributed by atoms with E-state index in [1.807, 2.05) is 6.92 Å². The molecule has 2 rings (SSSR count). The number of aryl methyl sites for hydroxylation is 1. The van der Waals surface area contributed by atoms with E-state index in [0.717, 1.165) is 0 Å². The van der Waals surface area contributed by atoms with Crippen LogP contribution in [-0.2, 0) is 13.0 Å². The number of hydrogen-bond donors (Lipinski definition) is 2. The number of rotatable bonds is 5. The molecule has 0 bridgehead atoms. The van der Waals surface area contributed by atoms with E-state index < -0.39 is 0 Å². The maximum Gasteiger partial charge on any atom is 0.254 e. The van der Waals surface area contributed by atoms with Crippen LogP contribution >= 0.6 is 0 Å². The Hall–Kier alpha value is -2.24. The lowest BCUT2D eigenvalue weighted by molar-refractivity contribution is 0.0950. The van der Waals surface area contributed by atoms with Crippen molar-refractivity contribution in [2.45, 2.75) is 19.9 Å². The summed E-state index contributed by atoms with van der Waals surface area (Å²) < 4.78 is 6.89. The fraction of sp³-hybridized carbons (Fsp3) is 0.333. The molecule has 3 N–H and O–H groups in total. The summed E-state index contributed by atoms with van der Waals surface area (Å²) in [4.78, 5) is 11.9. The summed E-state index contributed by atoms with van der Waals surface area (Å²) in [7, 11) is 0. The van der Waals surface area contributed by atoms with Gasteiger partial charge in [-0.15, -0.1) is 0 Å². The lowest BCUT2D eigenvalue weighted by atomic mass is 10.2. The molecule has 6 nitrogen and oxygen atoms in total. The number of nitrogens with one attached hydrogen (secondary N) is 1. The van der Waals surface area contributed by atoms with Gasteiger partial charge in [-0.3, -0.25) is 9.48 Å². The molecule has 18 heavy (non-hydrogen) atoms. The minimum Gasteiger partial charge on any atom is -0.469 e. The van der Waals surface area contributed by atoms with Gasteiger partial charge in [-0.2, -0.15) is 5.10 Å². The number of anilines is 1. The topological polar surface area (TPSA) is 86.1 Å². The molecule has 0 spiro atoms. The Morgan fingerprint density at radius 1 is 1.61 bits per heavy atom.